The highest BCUT2D eigenvalue weighted by atomic mass is 35.5. The first-order valence-electron chi connectivity index (χ1n) is 11.1. The van der Waals surface area contributed by atoms with Crippen LogP contribution in [0, 0.1) is 0 Å². The van der Waals surface area contributed by atoms with Crippen LogP contribution >= 0.6 is 11.6 Å². The van der Waals surface area contributed by atoms with Gasteiger partial charge in [0.05, 0.1) is 23.9 Å². The summed E-state index contributed by atoms with van der Waals surface area (Å²) in [6, 6.07) is 12.4. The molecule has 3 aromatic heterocycles. The Morgan fingerprint density at radius 1 is 1.26 bits per heavy atom. The molecule has 0 bridgehead atoms. The number of nitrogens with one attached hydrogen (secondary N) is 1. The van der Waals surface area contributed by atoms with Crippen LogP contribution in [0.4, 0.5) is 11.6 Å². The van der Waals surface area contributed by atoms with E-state index in [9.17, 15) is 9.90 Å². The minimum atomic E-state index is -0.155. The lowest BCUT2D eigenvalue weighted by Crippen LogP contribution is -2.49. The molecule has 4 aromatic rings. The molecule has 10 heteroatoms. The largest absolute Gasteiger partial charge is 0.508 e. The van der Waals surface area contributed by atoms with Crippen molar-refractivity contribution < 1.29 is 14.6 Å². The zero-order valence-corrected chi connectivity index (χ0v) is 20.1. The van der Waals surface area contributed by atoms with Gasteiger partial charge in [0.2, 0.25) is 0 Å². The van der Waals surface area contributed by atoms with Gasteiger partial charge in [-0.15, -0.1) is 0 Å². The van der Waals surface area contributed by atoms with E-state index in [1.54, 1.807) is 47.3 Å². The topological polar surface area (TPSA) is 97.4 Å². The molecule has 1 aliphatic heterocycles. The fourth-order valence-corrected chi connectivity index (χ4v) is 4.58. The second kappa shape index (κ2) is 9.44. The Kier molecular flexibility index (Phi) is 6.19. The summed E-state index contributed by atoms with van der Waals surface area (Å²) in [5, 5.41) is 17.7. The summed E-state index contributed by atoms with van der Waals surface area (Å²) in [7, 11) is 3.47. The van der Waals surface area contributed by atoms with Crippen molar-refractivity contribution in [2.24, 2.45) is 7.05 Å². The zero-order chi connectivity index (χ0) is 24.5. The molecule has 9 nitrogen and oxygen atoms in total. The van der Waals surface area contributed by atoms with Gasteiger partial charge in [-0.1, -0.05) is 23.7 Å². The average molecular weight is 493 g/mol. The molecular formula is C25H25ClN6O3. The quantitative estimate of drug-likeness (QED) is 0.404. The second-order valence-electron chi connectivity index (χ2n) is 8.49. The van der Waals surface area contributed by atoms with Gasteiger partial charge in [0.1, 0.15) is 23.1 Å². The van der Waals surface area contributed by atoms with E-state index in [4.69, 9.17) is 16.3 Å². The molecule has 0 unspecified atom stereocenters. The lowest BCUT2D eigenvalue weighted by Gasteiger charge is -2.36. The molecule has 0 spiro atoms. The van der Waals surface area contributed by atoms with Gasteiger partial charge in [0.25, 0.3) is 5.91 Å². The predicted molar refractivity (Wildman–Crippen MR) is 133 cm³/mol. The van der Waals surface area contributed by atoms with Crippen molar-refractivity contribution >= 4 is 29.1 Å². The summed E-state index contributed by atoms with van der Waals surface area (Å²) in [5.74, 6) is 1.48. The van der Waals surface area contributed by atoms with Gasteiger partial charge in [-0.05, 0) is 29.8 Å². The van der Waals surface area contributed by atoms with Gasteiger partial charge in [0.15, 0.2) is 0 Å². The summed E-state index contributed by atoms with van der Waals surface area (Å²) in [5.41, 5.74) is 3.01. The number of phenols is 1. The molecule has 1 atom stereocenters. The van der Waals surface area contributed by atoms with Gasteiger partial charge in [-0.2, -0.15) is 5.10 Å². The van der Waals surface area contributed by atoms with Crippen LogP contribution in [0.1, 0.15) is 16.1 Å². The van der Waals surface area contributed by atoms with Crippen LogP contribution < -0.4 is 5.32 Å². The smallest absolute Gasteiger partial charge is 0.271 e. The summed E-state index contributed by atoms with van der Waals surface area (Å²) >= 11 is 6.52. The van der Waals surface area contributed by atoms with Crippen LogP contribution in [0.15, 0.2) is 61.1 Å². The number of carbonyl (C=O) groups excluding carboxylic acids is 1. The number of methoxy groups -OCH3 is 1. The molecule has 1 aliphatic rings. The molecule has 1 amide bonds. The number of aromatic nitrogens is 4. The first-order chi connectivity index (χ1) is 16.9. The molecular weight excluding hydrogens is 468 g/mol. The molecule has 4 heterocycles. The SMILES string of the molecule is COC[C@H]1Cn2cc(-c3cc(Nc4ccnn4C)ncc3Cl)cc2C(=O)N1Cc1cccc(O)c1. The zero-order valence-electron chi connectivity index (χ0n) is 19.3. The molecule has 0 radical (unpaired) electrons. The highest BCUT2D eigenvalue weighted by Gasteiger charge is 2.33. The fourth-order valence-electron chi connectivity index (χ4n) is 4.37. The number of phenolic OH excluding ortho intramolecular Hbond substituents is 1. The number of carbonyl (C=O) groups is 1. The Morgan fingerprint density at radius 3 is 2.86 bits per heavy atom. The number of nitrogens with zero attached hydrogens (tertiary/aromatic N) is 5. The van der Waals surface area contributed by atoms with Crippen molar-refractivity contribution in [1.82, 2.24) is 24.2 Å². The lowest BCUT2D eigenvalue weighted by atomic mass is 10.1. The van der Waals surface area contributed by atoms with Gasteiger partial charge in [0, 0.05) is 56.8 Å². The van der Waals surface area contributed by atoms with E-state index in [2.05, 4.69) is 15.4 Å². The van der Waals surface area contributed by atoms with Gasteiger partial charge >= 0.3 is 0 Å². The third kappa shape index (κ3) is 4.60. The maximum absolute atomic E-state index is 13.6. The van der Waals surface area contributed by atoms with Crippen LogP contribution in [0.3, 0.4) is 0 Å². The molecule has 180 valence electrons. The number of fused-ring (bicyclic) bond motifs is 1. The standard InChI is InChI=1S/C25H25ClN6O3/c1-30-24(6-7-28-30)29-23-10-20(21(26)11-27-23)17-9-22-25(34)32(12-16-4-3-5-19(33)8-16)18(15-35-2)14-31(22)13-17/h3-11,13,18,33H,12,14-15H2,1-2H3,(H,27,29)/t18-/m1/s1. The molecule has 0 aliphatic carbocycles. The van der Waals surface area contributed by atoms with Crippen molar-refractivity contribution in [3.05, 3.63) is 77.3 Å². The van der Waals surface area contributed by atoms with E-state index in [0.717, 1.165) is 22.5 Å². The molecule has 2 N–H and O–H groups in total. The van der Waals surface area contributed by atoms with Gasteiger partial charge < -0.3 is 24.6 Å². The van der Waals surface area contributed by atoms with Crippen LogP contribution in [0.2, 0.25) is 5.02 Å². The highest BCUT2D eigenvalue weighted by Crippen LogP contribution is 2.34. The maximum Gasteiger partial charge on any atom is 0.271 e. The third-order valence-corrected chi connectivity index (χ3v) is 6.39. The number of pyridine rings is 1. The van der Waals surface area contributed by atoms with Gasteiger partial charge in [-0.3, -0.25) is 9.48 Å². The van der Waals surface area contributed by atoms with Crippen molar-refractivity contribution in [2.45, 2.75) is 19.1 Å². The summed E-state index contributed by atoms with van der Waals surface area (Å²) < 4.78 is 9.08. The van der Waals surface area contributed by atoms with E-state index in [-0.39, 0.29) is 17.7 Å². The number of hydrogen-bond acceptors (Lipinski definition) is 6. The second-order valence-corrected chi connectivity index (χ2v) is 8.90. The van der Waals surface area contributed by atoms with Crippen LogP contribution in [-0.2, 0) is 24.9 Å². The monoisotopic (exact) mass is 492 g/mol. The minimum Gasteiger partial charge on any atom is -0.508 e. The summed E-state index contributed by atoms with van der Waals surface area (Å²) in [6.07, 6.45) is 5.23. The Morgan fingerprint density at radius 2 is 2.11 bits per heavy atom. The van der Waals surface area contributed by atoms with Gasteiger partial charge in [-0.25, -0.2) is 4.98 Å². The molecule has 5 rings (SSSR count). The number of rotatable bonds is 7. The predicted octanol–water partition coefficient (Wildman–Crippen LogP) is 4.06. The maximum atomic E-state index is 13.6. The molecule has 35 heavy (non-hydrogen) atoms. The first kappa shape index (κ1) is 22.9. The number of aromatic hydroxyl groups is 1. The van der Waals surface area contributed by atoms with Crippen molar-refractivity contribution in [2.75, 3.05) is 19.0 Å². The summed E-state index contributed by atoms with van der Waals surface area (Å²) in [4.78, 5) is 19.7. The number of amides is 1. The van der Waals surface area contributed by atoms with Crippen molar-refractivity contribution in [3.8, 4) is 16.9 Å². The molecule has 0 saturated carbocycles. The summed E-state index contributed by atoms with van der Waals surface area (Å²) in [6.45, 7) is 1.35. The third-order valence-electron chi connectivity index (χ3n) is 6.09. The van der Waals surface area contributed by atoms with E-state index < -0.39 is 0 Å². The minimum absolute atomic E-state index is 0.105. The van der Waals surface area contributed by atoms with Crippen LogP contribution in [0.5, 0.6) is 5.75 Å². The Bertz CT molecular complexity index is 1380. The number of aryl methyl sites for hydroxylation is 1. The Labute approximate surface area is 207 Å². The van der Waals surface area contributed by atoms with E-state index in [0.29, 0.717) is 36.2 Å². The molecule has 0 saturated heterocycles. The first-order valence-corrected chi connectivity index (χ1v) is 11.5. The normalized spacial score (nSPS) is 15.3. The lowest BCUT2D eigenvalue weighted by molar-refractivity contribution is 0.0388. The highest BCUT2D eigenvalue weighted by molar-refractivity contribution is 6.33. The van der Waals surface area contributed by atoms with Crippen molar-refractivity contribution in [1.29, 1.82) is 0 Å². The van der Waals surface area contributed by atoms with Crippen LogP contribution in [-0.4, -0.2) is 55.0 Å². The number of halogens is 1. The van der Waals surface area contributed by atoms with Crippen molar-refractivity contribution in [3.63, 3.8) is 0 Å². The van der Waals surface area contributed by atoms with E-state index in [1.165, 1.54) is 0 Å². The number of benzene rings is 1. The molecule has 1 aromatic carbocycles. The Balaban J connectivity index is 1.46. The number of ether oxygens (including phenoxy) is 1. The van der Waals surface area contributed by atoms with E-state index in [1.807, 2.05) is 42.1 Å². The molecule has 0 fully saturated rings. The fraction of sp³-hybridized carbons (Fsp3) is 0.240. The number of hydrogen-bond donors (Lipinski definition) is 2. The van der Waals surface area contributed by atoms with E-state index >= 15 is 0 Å². The number of anilines is 2. The van der Waals surface area contributed by atoms with Crippen LogP contribution in [0.25, 0.3) is 11.1 Å². The average Bonchev–Trinajstić information content (AvgIpc) is 3.44. The Hall–Kier alpha value is -3.82.